The number of phenols is 1. The molecule has 1 aliphatic rings. The molecule has 0 amide bonds. The predicted octanol–water partition coefficient (Wildman–Crippen LogP) is 3.02. The molecule has 1 fully saturated rings. The zero-order chi connectivity index (χ0) is 13.3. The van der Waals surface area contributed by atoms with E-state index in [0.29, 0.717) is 12.8 Å². The first-order valence-electron chi connectivity index (χ1n) is 5.40. The van der Waals surface area contributed by atoms with Crippen molar-refractivity contribution in [1.29, 1.82) is 0 Å². The standard InChI is InChI=1S/C12H11BrFNO3/c1-18-8-5-7(13)10(14)9(11(8)17)12(15-6-16)3-2-4-12/h5,17H,2-4H2,1H3. The van der Waals surface area contributed by atoms with Gasteiger partial charge in [-0.2, -0.15) is 4.99 Å². The fourth-order valence-corrected chi connectivity index (χ4v) is 2.60. The fourth-order valence-electron chi connectivity index (χ4n) is 2.19. The highest BCUT2D eigenvalue weighted by molar-refractivity contribution is 9.10. The van der Waals surface area contributed by atoms with E-state index >= 15 is 0 Å². The maximum atomic E-state index is 14.2. The Morgan fingerprint density at radius 1 is 1.61 bits per heavy atom. The van der Waals surface area contributed by atoms with E-state index in [4.69, 9.17) is 4.74 Å². The van der Waals surface area contributed by atoms with Gasteiger partial charge in [-0.1, -0.05) is 0 Å². The molecule has 0 bridgehead atoms. The van der Waals surface area contributed by atoms with Crippen LogP contribution in [0, 0.1) is 5.82 Å². The van der Waals surface area contributed by atoms with E-state index in [0.717, 1.165) is 6.42 Å². The molecule has 0 aromatic heterocycles. The summed E-state index contributed by atoms with van der Waals surface area (Å²) >= 11 is 3.06. The minimum Gasteiger partial charge on any atom is -0.504 e. The highest BCUT2D eigenvalue weighted by atomic mass is 79.9. The van der Waals surface area contributed by atoms with Crippen molar-refractivity contribution in [3.63, 3.8) is 0 Å². The van der Waals surface area contributed by atoms with Gasteiger partial charge in [0.2, 0.25) is 6.08 Å². The zero-order valence-corrected chi connectivity index (χ0v) is 11.3. The fraction of sp³-hybridized carbons (Fsp3) is 0.417. The van der Waals surface area contributed by atoms with Crippen LogP contribution >= 0.6 is 15.9 Å². The molecule has 0 spiro atoms. The number of isocyanates is 1. The highest BCUT2D eigenvalue weighted by Crippen LogP contribution is 2.52. The lowest BCUT2D eigenvalue weighted by Gasteiger charge is -2.37. The van der Waals surface area contributed by atoms with Crippen LogP contribution in [-0.2, 0) is 10.3 Å². The lowest BCUT2D eigenvalue weighted by molar-refractivity contribution is 0.235. The molecule has 18 heavy (non-hydrogen) atoms. The Hall–Kier alpha value is -1.39. The average Bonchev–Trinajstić information content (AvgIpc) is 2.30. The molecule has 0 aliphatic heterocycles. The van der Waals surface area contributed by atoms with Crippen LogP contribution in [0.2, 0.25) is 0 Å². The second-order valence-electron chi connectivity index (χ2n) is 4.19. The number of methoxy groups -OCH3 is 1. The summed E-state index contributed by atoms with van der Waals surface area (Å²) in [5.41, 5.74) is -1.00. The number of hydrogen-bond acceptors (Lipinski definition) is 4. The van der Waals surface area contributed by atoms with Crippen molar-refractivity contribution in [2.75, 3.05) is 7.11 Å². The molecule has 6 heteroatoms. The maximum Gasteiger partial charge on any atom is 0.235 e. The molecule has 1 aromatic rings. The quantitative estimate of drug-likeness (QED) is 0.689. The molecule has 0 atom stereocenters. The molecular formula is C12H11BrFNO3. The van der Waals surface area contributed by atoms with Crippen molar-refractivity contribution in [3.8, 4) is 11.5 Å². The second-order valence-corrected chi connectivity index (χ2v) is 5.04. The van der Waals surface area contributed by atoms with Crippen LogP contribution < -0.4 is 4.74 Å². The third-order valence-corrected chi connectivity index (χ3v) is 3.86. The van der Waals surface area contributed by atoms with Gasteiger partial charge in [-0.15, -0.1) is 0 Å². The average molecular weight is 316 g/mol. The van der Waals surface area contributed by atoms with E-state index in [9.17, 15) is 14.3 Å². The third kappa shape index (κ3) is 1.82. The van der Waals surface area contributed by atoms with Gasteiger partial charge in [0, 0.05) is 6.07 Å². The van der Waals surface area contributed by atoms with Crippen LogP contribution in [0.5, 0.6) is 11.5 Å². The number of aromatic hydroxyl groups is 1. The minimum absolute atomic E-state index is 0.00308. The van der Waals surface area contributed by atoms with Crippen LogP contribution in [0.25, 0.3) is 0 Å². The summed E-state index contributed by atoms with van der Waals surface area (Å²) in [6.45, 7) is 0. The number of benzene rings is 1. The third-order valence-electron chi connectivity index (χ3n) is 3.28. The molecule has 4 nitrogen and oxygen atoms in total. The van der Waals surface area contributed by atoms with E-state index in [2.05, 4.69) is 20.9 Å². The molecule has 0 saturated heterocycles. The van der Waals surface area contributed by atoms with Gasteiger partial charge in [0.1, 0.15) is 11.4 Å². The van der Waals surface area contributed by atoms with Crippen LogP contribution in [-0.4, -0.2) is 18.3 Å². The van der Waals surface area contributed by atoms with Gasteiger partial charge in [-0.25, -0.2) is 9.18 Å². The van der Waals surface area contributed by atoms with Crippen molar-refractivity contribution in [3.05, 3.63) is 21.9 Å². The van der Waals surface area contributed by atoms with E-state index in [1.165, 1.54) is 19.3 Å². The molecular weight excluding hydrogens is 305 g/mol. The summed E-state index contributed by atoms with van der Waals surface area (Å²) in [5, 5.41) is 10.0. The number of carbonyl (C=O) groups excluding carboxylic acids is 1. The topological polar surface area (TPSA) is 58.9 Å². The molecule has 1 aromatic carbocycles. The van der Waals surface area contributed by atoms with Crippen molar-refractivity contribution in [1.82, 2.24) is 0 Å². The lowest BCUT2D eigenvalue weighted by Crippen LogP contribution is -2.33. The first-order valence-corrected chi connectivity index (χ1v) is 6.19. The molecule has 0 radical (unpaired) electrons. The normalized spacial score (nSPS) is 16.6. The second kappa shape index (κ2) is 4.71. The Morgan fingerprint density at radius 3 is 2.72 bits per heavy atom. The van der Waals surface area contributed by atoms with Gasteiger partial charge in [0.15, 0.2) is 11.5 Å². The number of nitrogens with zero attached hydrogens (tertiary/aromatic N) is 1. The van der Waals surface area contributed by atoms with Gasteiger partial charge in [-0.3, -0.25) is 0 Å². The molecule has 1 saturated carbocycles. The van der Waals surface area contributed by atoms with Crippen LogP contribution in [0.3, 0.4) is 0 Å². The van der Waals surface area contributed by atoms with E-state index < -0.39 is 11.4 Å². The summed E-state index contributed by atoms with van der Waals surface area (Å²) in [5.74, 6) is -0.783. The number of hydrogen-bond donors (Lipinski definition) is 1. The minimum atomic E-state index is -1.01. The summed E-state index contributed by atoms with van der Waals surface area (Å²) < 4.78 is 19.3. The Kier molecular flexibility index (Phi) is 3.41. The number of phenolic OH excluding ortho intramolecular Hbond substituents is 1. The Bertz CT molecular complexity index is 537. The largest absolute Gasteiger partial charge is 0.504 e. The van der Waals surface area contributed by atoms with Gasteiger partial charge < -0.3 is 9.84 Å². The molecule has 1 N–H and O–H groups in total. The molecule has 2 rings (SSSR count). The van der Waals surface area contributed by atoms with Gasteiger partial charge >= 0.3 is 0 Å². The molecule has 0 heterocycles. The lowest BCUT2D eigenvalue weighted by atomic mass is 9.71. The van der Waals surface area contributed by atoms with Crippen molar-refractivity contribution >= 4 is 22.0 Å². The Morgan fingerprint density at radius 2 is 2.28 bits per heavy atom. The summed E-state index contributed by atoms with van der Waals surface area (Å²) in [7, 11) is 1.37. The first kappa shape index (κ1) is 13.1. The van der Waals surface area contributed by atoms with Crippen molar-refractivity contribution in [2.24, 2.45) is 4.99 Å². The summed E-state index contributed by atoms with van der Waals surface area (Å²) in [4.78, 5) is 14.2. The zero-order valence-electron chi connectivity index (χ0n) is 9.67. The van der Waals surface area contributed by atoms with E-state index in [1.54, 1.807) is 0 Å². The monoisotopic (exact) mass is 315 g/mol. The molecule has 0 unspecified atom stereocenters. The van der Waals surface area contributed by atoms with Gasteiger partial charge in [-0.05, 0) is 35.2 Å². The van der Waals surface area contributed by atoms with E-state index in [-0.39, 0.29) is 21.5 Å². The smallest absolute Gasteiger partial charge is 0.235 e. The Balaban J connectivity index is 2.69. The number of rotatable bonds is 3. The van der Waals surface area contributed by atoms with Crippen LogP contribution in [0.15, 0.2) is 15.5 Å². The van der Waals surface area contributed by atoms with Gasteiger partial charge in [0.25, 0.3) is 0 Å². The molecule has 1 aliphatic carbocycles. The number of ether oxygens (including phenoxy) is 1. The van der Waals surface area contributed by atoms with Crippen molar-refractivity contribution < 1.29 is 19.0 Å². The summed E-state index contributed by atoms with van der Waals surface area (Å²) in [6, 6.07) is 1.34. The van der Waals surface area contributed by atoms with E-state index in [1.807, 2.05) is 0 Å². The molecule has 96 valence electrons. The summed E-state index contributed by atoms with van der Waals surface area (Å²) in [6.07, 6.45) is 3.29. The van der Waals surface area contributed by atoms with Crippen LogP contribution in [0.4, 0.5) is 4.39 Å². The Labute approximate surface area is 112 Å². The number of halogens is 2. The number of aliphatic imine (C=N–C) groups is 1. The van der Waals surface area contributed by atoms with Crippen molar-refractivity contribution in [2.45, 2.75) is 24.8 Å². The predicted molar refractivity (Wildman–Crippen MR) is 66.0 cm³/mol. The highest BCUT2D eigenvalue weighted by Gasteiger charge is 2.44. The maximum absolute atomic E-state index is 14.2. The first-order chi connectivity index (χ1) is 8.55. The van der Waals surface area contributed by atoms with Gasteiger partial charge in [0.05, 0.1) is 17.1 Å². The SMILES string of the molecule is COc1cc(Br)c(F)c(C2(N=C=O)CCC2)c1O. The van der Waals surface area contributed by atoms with Crippen LogP contribution in [0.1, 0.15) is 24.8 Å².